The smallest absolute Gasteiger partial charge is 0.251 e. The summed E-state index contributed by atoms with van der Waals surface area (Å²) in [4.78, 5) is 29.8. The summed E-state index contributed by atoms with van der Waals surface area (Å²) in [6.45, 7) is -2.73. The monoisotopic (exact) mass is 550 g/mol. The number of anilines is 1. The number of halogens is 3. The van der Waals surface area contributed by atoms with Crippen LogP contribution in [0.2, 0.25) is 10.0 Å². The van der Waals surface area contributed by atoms with Gasteiger partial charge in [0.15, 0.2) is 35.1 Å². The quantitative estimate of drug-likeness (QED) is 0.284. The number of likely N-dealkylation sites (N-methyl/N-ethyl adjacent to an activating group) is 1. The van der Waals surface area contributed by atoms with Crippen molar-refractivity contribution in [2.24, 2.45) is 0 Å². The van der Waals surface area contributed by atoms with Crippen molar-refractivity contribution in [3.63, 3.8) is 0 Å². The number of carbonyl (C=O) groups is 1. The Hall–Kier alpha value is -3.42. The van der Waals surface area contributed by atoms with Crippen molar-refractivity contribution in [3.05, 3.63) is 64.4 Å². The van der Waals surface area contributed by atoms with Crippen LogP contribution in [-0.4, -0.2) is 65.9 Å². The Morgan fingerprint density at radius 1 is 1.19 bits per heavy atom. The van der Waals surface area contributed by atoms with E-state index < -0.39 is 43.2 Å². The summed E-state index contributed by atoms with van der Waals surface area (Å²) in [6.07, 6.45) is -2.30. The van der Waals surface area contributed by atoms with Crippen LogP contribution in [0.15, 0.2) is 43.0 Å². The first-order valence-corrected chi connectivity index (χ1v) is 11.5. The van der Waals surface area contributed by atoms with Gasteiger partial charge in [-0.2, -0.15) is 0 Å². The number of hydrogen-bond donors (Lipinski definition) is 4. The SMILES string of the molecule is [2H]C([2H])([2H])NC(=O)[C@H]1O[C@@H](n2cnc3c(NCc4cc(F)cc(Cl)c4)nc(-c4cncc(Cl)c4)nc32)[C@H](O)[C@@H]1O. The number of carbonyl (C=O) groups excluding carboxylic acids is 1. The van der Waals surface area contributed by atoms with Crippen LogP contribution in [0.5, 0.6) is 0 Å². The highest BCUT2D eigenvalue weighted by molar-refractivity contribution is 6.31. The van der Waals surface area contributed by atoms with E-state index in [1.54, 1.807) is 17.4 Å². The van der Waals surface area contributed by atoms with Crippen molar-refractivity contribution in [2.75, 3.05) is 12.3 Å². The third-order valence-electron chi connectivity index (χ3n) is 5.66. The number of aliphatic hydroxyl groups excluding tert-OH is 2. The van der Waals surface area contributed by atoms with Crippen LogP contribution in [0.1, 0.15) is 15.9 Å². The van der Waals surface area contributed by atoms with Gasteiger partial charge in [0.25, 0.3) is 5.91 Å². The van der Waals surface area contributed by atoms with E-state index in [1.807, 2.05) is 0 Å². The average molecular weight is 551 g/mol. The standard InChI is InChI=1S/C23H20Cl2FN7O4/c1-27-22(36)18-16(34)17(35)23(37-18)33-9-30-15-20(29-6-10-2-12(24)5-14(26)3-10)31-19(32-21(15)33)11-4-13(25)8-28-7-11/h2-5,7-9,16-18,23,34-35H,6H2,1H3,(H,27,36)(H,29,31,32)/t16-,17+,18-,23+/m0/s1/i1D3. The number of nitrogens with one attached hydrogen (secondary N) is 2. The lowest BCUT2D eigenvalue weighted by Crippen LogP contribution is -2.41. The Morgan fingerprint density at radius 2 is 2.03 bits per heavy atom. The molecule has 1 aliphatic rings. The van der Waals surface area contributed by atoms with Gasteiger partial charge in [-0.15, -0.1) is 0 Å². The molecule has 4 heterocycles. The number of nitrogens with zero attached hydrogens (tertiary/aromatic N) is 5. The number of ether oxygens (including phenoxy) is 1. The minimum absolute atomic E-state index is 0.0995. The fraction of sp³-hybridized carbons (Fsp3) is 0.261. The molecule has 1 saturated heterocycles. The molecule has 4 atom stereocenters. The first-order chi connectivity index (χ1) is 18.9. The molecule has 1 aromatic carbocycles. The van der Waals surface area contributed by atoms with Crippen LogP contribution < -0.4 is 10.6 Å². The molecule has 1 aliphatic heterocycles. The molecule has 3 aromatic heterocycles. The van der Waals surface area contributed by atoms with Gasteiger partial charge in [-0.3, -0.25) is 14.3 Å². The second-order valence-electron chi connectivity index (χ2n) is 8.16. The molecule has 4 N–H and O–H groups in total. The third kappa shape index (κ3) is 4.93. The van der Waals surface area contributed by atoms with Crippen molar-refractivity contribution >= 4 is 46.1 Å². The van der Waals surface area contributed by atoms with Crippen LogP contribution in [0.3, 0.4) is 0 Å². The summed E-state index contributed by atoms with van der Waals surface area (Å²) in [7, 11) is 0. The summed E-state index contributed by atoms with van der Waals surface area (Å²) < 4.78 is 42.4. The number of pyridine rings is 1. The Labute approximate surface area is 223 Å². The van der Waals surface area contributed by atoms with Crippen LogP contribution in [-0.2, 0) is 16.1 Å². The lowest BCUT2D eigenvalue weighted by atomic mass is 10.1. The minimum Gasteiger partial charge on any atom is -0.387 e. The van der Waals surface area contributed by atoms with Crippen LogP contribution in [0.4, 0.5) is 10.2 Å². The molecular formula is C23H20Cl2FN7O4. The molecule has 0 aliphatic carbocycles. The van der Waals surface area contributed by atoms with E-state index in [0.29, 0.717) is 16.1 Å². The summed E-state index contributed by atoms with van der Waals surface area (Å²) in [5.74, 6) is -1.29. The van der Waals surface area contributed by atoms with Gasteiger partial charge < -0.3 is 25.6 Å². The molecule has 37 heavy (non-hydrogen) atoms. The lowest BCUT2D eigenvalue weighted by Gasteiger charge is -2.17. The minimum atomic E-state index is -2.83. The van der Waals surface area contributed by atoms with Gasteiger partial charge in [0.05, 0.1) is 11.3 Å². The molecule has 1 amide bonds. The summed E-state index contributed by atoms with van der Waals surface area (Å²) in [5.41, 5.74) is 1.28. The molecule has 5 rings (SSSR count). The maximum absolute atomic E-state index is 13.9. The number of aliphatic hydroxyl groups is 2. The maximum atomic E-state index is 13.9. The highest BCUT2D eigenvalue weighted by Crippen LogP contribution is 2.34. The fourth-order valence-electron chi connectivity index (χ4n) is 3.97. The first-order valence-electron chi connectivity index (χ1n) is 12.3. The Bertz CT molecular complexity index is 1570. The molecular weight excluding hydrogens is 528 g/mol. The molecule has 0 radical (unpaired) electrons. The van der Waals surface area contributed by atoms with E-state index in [9.17, 15) is 19.4 Å². The number of imidazole rings is 1. The molecule has 0 saturated carbocycles. The van der Waals surface area contributed by atoms with Gasteiger partial charge in [-0.25, -0.2) is 19.3 Å². The van der Waals surface area contributed by atoms with E-state index in [4.69, 9.17) is 32.1 Å². The highest BCUT2D eigenvalue weighted by atomic mass is 35.5. The molecule has 0 bridgehead atoms. The van der Waals surface area contributed by atoms with Crippen molar-refractivity contribution in [1.29, 1.82) is 0 Å². The number of benzene rings is 1. The van der Waals surface area contributed by atoms with Crippen molar-refractivity contribution in [3.8, 4) is 11.4 Å². The summed E-state index contributed by atoms with van der Waals surface area (Å²) >= 11 is 12.1. The zero-order chi connectivity index (χ0) is 28.8. The number of aromatic nitrogens is 5. The molecule has 1 fully saturated rings. The van der Waals surface area contributed by atoms with Gasteiger partial charge >= 0.3 is 0 Å². The van der Waals surface area contributed by atoms with E-state index >= 15 is 0 Å². The molecule has 0 unspecified atom stereocenters. The van der Waals surface area contributed by atoms with Gasteiger partial charge in [0.2, 0.25) is 0 Å². The van der Waals surface area contributed by atoms with Crippen LogP contribution >= 0.6 is 23.2 Å². The van der Waals surface area contributed by atoms with Crippen LogP contribution in [0.25, 0.3) is 22.6 Å². The van der Waals surface area contributed by atoms with Crippen LogP contribution in [0, 0.1) is 5.82 Å². The lowest BCUT2D eigenvalue weighted by molar-refractivity contribution is -0.137. The third-order valence-corrected chi connectivity index (χ3v) is 6.09. The number of rotatable bonds is 6. The maximum Gasteiger partial charge on any atom is 0.251 e. The van der Waals surface area contributed by atoms with Gasteiger partial charge in [-0.05, 0) is 29.8 Å². The summed E-state index contributed by atoms with van der Waals surface area (Å²) in [5, 5.41) is 26.6. The molecule has 0 spiro atoms. The van der Waals surface area contributed by atoms with E-state index in [0.717, 1.165) is 0 Å². The Morgan fingerprint density at radius 3 is 2.78 bits per heavy atom. The summed E-state index contributed by atoms with van der Waals surface area (Å²) in [6, 6.07) is 5.62. The molecule has 192 valence electrons. The second-order valence-corrected chi connectivity index (χ2v) is 9.03. The first kappa shape index (κ1) is 21.6. The van der Waals surface area contributed by atoms with Gasteiger partial charge in [-0.1, -0.05) is 23.2 Å². The van der Waals surface area contributed by atoms with Gasteiger partial charge in [0, 0.05) is 40.6 Å². The van der Waals surface area contributed by atoms with E-state index in [1.165, 1.54) is 35.4 Å². The second kappa shape index (κ2) is 10.1. The van der Waals surface area contributed by atoms with E-state index in [2.05, 4.69) is 25.3 Å². The zero-order valence-electron chi connectivity index (χ0n) is 21.6. The predicted octanol–water partition coefficient (Wildman–Crippen LogP) is 2.31. The van der Waals surface area contributed by atoms with Crippen molar-refractivity contribution in [1.82, 2.24) is 29.8 Å². The van der Waals surface area contributed by atoms with Crippen molar-refractivity contribution < 1.29 is 28.2 Å². The highest BCUT2D eigenvalue weighted by Gasteiger charge is 2.47. The zero-order valence-corrected chi connectivity index (χ0v) is 20.2. The largest absolute Gasteiger partial charge is 0.387 e. The average Bonchev–Trinajstić information content (AvgIpc) is 3.41. The molecule has 11 nitrogen and oxygen atoms in total. The Balaban J connectivity index is 1.54. The topological polar surface area (TPSA) is 147 Å². The van der Waals surface area contributed by atoms with Gasteiger partial charge in [0.1, 0.15) is 18.0 Å². The predicted molar refractivity (Wildman–Crippen MR) is 132 cm³/mol. The van der Waals surface area contributed by atoms with E-state index in [-0.39, 0.29) is 34.4 Å². The fourth-order valence-corrected chi connectivity index (χ4v) is 4.38. The van der Waals surface area contributed by atoms with Crippen molar-refractivity contribution in [2.45, 2.75) is 31.1 Å². The number of hydrogen-bond acceptors (Lipinski definition) is 9. The molecule has 4 aromatic rings. The molecule has 14 heteroatoms. The number of fused-ring (bicyclic) bond motifs is 1. The Kier molecular flexibility index (Phi) is 5.94. The number of amides is 1. The normalized spacial score (nSPS) is 22.9.